The number of amides is 1. The molecule has 1 N–H and O–H groups in total. The molecule has 0 aromatic heterocycles. The SMILES string of the molecule is CC(CCl)(NC(=O)C1CC2CC2C1)c1ccccc1. The van der Waals surface area contributed by atoms with Gasteiger partial charge in [0.2, 0.25) is 5.91 Å². The van der Waals surface area contributed by atoms with Gasteiger partial charge in [0.25, 0.3) is 0 Å². The van der Waals surface area contributed by atoms with Gasteiger partial charge < -0.3 is 5.32 Å². The molecule has 1 aromatic carbocycles. The molecule has 0 radical (unpaired) electrons. The Kier molecular flexibility index (Phi) is 3.30. The molecule has 2 nitrogen and oxygen atoms in total. The lowest BCUT2D eigenvalue weighted by Crippen LogP contribution is -2.47. The van der Waals surface area contributed by atoms with Gasteiger partial charge in [0.15, 0.2) is 0 Å². The topological polar surface area (TPSA) is 29.1 Å². The minimum Gasteiger partial charge on any atom is -0.345 e. The third kappa shape index (κ3) is 2.51. The van der Waals surface area contributed by atoms with E-state index in [0.29, 0.717) is 5.88 Å². The molecule has 1 amide bonds. The summed E-state index contributed by atoms with van der Waals surface area (Å²) < 4.78 is 0. The van der Waals surface area contributed by atoms with Gasteiger partial charge in [0, 0.05) is 11.8 Å². The van der Waals surface area contributed by atoms with Gasteiger partial charge in [-0.05, 0) is 43.6 Å². The van der Waals surface area contributed by atoms with Crippen LogP contribution in [0.25, 0.3) is 0 Å². The van der Waals surface area contributed by atoms with Crippen molar-refractivity contribution in [2.45, 2.75) is 31.7 Å². The second-order valence-electron chi connectivity index (χ2n) is 6.25. The summed E-state index contributed by atoms with van der Waals surface area (Å²) in [6.45, 7) is 2.00. The first-order valence-corrected chi connectivity index (χ1v) is 7.59. The normalized spacial score (nSPS) is 31.4. The predicted octanol–water partition coefficient (Wildman–Crippen LogP) is 3.30. The van der Waals surface area contributed by atoms with Crippen molar-refractivity contribution in [3.8, 4) is 0 Å². The van der Waals surface area contributed by atoms with E-state index in [2.05, 4.69) is 5.32 Å². The lowest BCUT2D eigenvalue weighted by Gasteiger charge is -2.31. The van der Waals surface area contributed by atoms with Crippen LogP contribution in [0, 0.1) is 17.8 Å². The van der Waals surface area contributed by atoms with Gasteiger partial charge in [-0.3, -0.25) is 4.79 Å². The maximum Gasteiger partial charge on any atom is 0.223 e. The van der Waals surface area contributed by atoms with Crippen LogP contribution in [0.4, 0.5) is 0 Å². The summed E-state index contributed by atoms with van der Waals surface area (Å²) in [5, 5.41) is 3.17. The summed E-state index contributed by atoms with van der Waals surface area (Å²) in [5.74, 6) is 2.43. The predicted molar refractivity (Wildman–Crippen MR) is 77.0 cm³/mol. The number of nitrogens with one attached hydrogen (secondary N) is 1. The van der Waals surface area contributed by atoms with Crippen LogP contribution in [-0.2, 0) is 10.3 Å². The smallest absolute Gasteiger partial charge is 0.223 e. The molecule has 19 heavy (non-hydrogen) atoms. The Hall–Kier alpha value is -1.02. The number of fused-ring (bicyclic) bond motifs is 1. The zero-order chi connectivity index (χ0) is 13.5. The highest BCUT2D eigenvalue weighted by Crippen LogP contribution is 2.54. The third-order valence-corrected chi connectivity index (χ3v) is 5.23. The number of halogens is 1. The molecule has 3 rings (SSSR count). The molecule has 0 bridgehead atoms. The molecule has 0 heterocycles. The van der Waals surface area contributed by atoms with Gasteiger partial charge >= 0.3 is 0 Å². The first-order chi connectivity index (χ1) is 9.12. The number of alkyl halides is 1. The quantitative estimate of drug-likeness (QED) is 0.841. The van der Waals surface area contributed by atoms with E-state index >= 15 is 0 Å². The van der Waals surface area contributed by atoms with Crippen molar-refractivity contribution in [3.05, 3.63) is 35.9 Å². The molecule has 2 aliphatic carbocycles. The van der Waals surface area contributed by atoms with E-state index in [-0.39, 0.29) is 11.8 Å². The van der Waals surface area contributed by atoms with Crippen LogP contribution in [0.2, 0.25) is 0 Å². The molecule has 0 saturated heterocycles. The number of carbonyl (C=O) groups excluding carboxylic acids is 1. The molecule has 0 aliphatic heterocycles. The molecular formula is C16H20ClNO. The van der Waals surface area contributed by atoms with E-state index in [0.717, 1.165) is 30.2 Å². The van der Waals surface area contributed by atoms with Gasteiger partial charge in [0.05, 0.1) is 5.54 Å². The van der Waals surface area contributed by atoms with Gasteiger partial charge in [-0.15, -0.1) is 11.6 Å². The average Bonchev–Trinajstić information content (AvgIpc) is 3.06. The highest BCUT2D eigenvalue weighted by molar-refractivity contribution is 6.18. The number of benzene rings is 1. The molecule has 2 saturated carbocycles. The van der Waals surface area contributed by atoms with Crippen LogP contribution < -0.4 is 5.32 Å². The first kappa shape index (κ1) is 13.0. The Morgan fingerprint density at radius 3 is 2.47 bits per heavy atom. The standard InChI is InChI=1S/C16H20ClNO/c1-16(10-17,14-5-3-2-4-6-14)18-15(19)13-8-11-7-12(11)9-13/h2-6,11-13H,7-10H2,1H3,(H,18,19). The Morgan fingerprint density at radius 1 is 1.26 bits per heavy atom. The molecule has 2 fully saturated rings. The molecule has 3 atom stereocenters. The molecule has 102 valence electrons. The molecule has 0 spiro atoms. The summed E-state index contributed by atoms with van der Waals surface area (Å²) in [6, 6.07) is 9.99. The zero-order valence-electron chi connectivity index (χ0n) is 11.2. The molecule has 1 aromatic rings. The fourth-order valence-corrected chi connectivity index (χ4v) is 3.51. The van der Waals surface area contributed by atoms with Crippen molar-refractivity contribution in [2.75, 3.05) is 5.88 Å². The molecular weight excluding hydrogens is 258 g/mol. The lowest BCUT2D eigenvalue weighted by atomic mass is 9.92. The van der Waals surface area contributed by atoms with E-state index in [1.54, 1.807) is 0 Å². The summed E-state index contributed by atoms with van der Waals surface area (Å²) >= 11 is 6.12. The van der Waals surface area contributed by atoms with Crippen molar-refractivity contribution in [2.24, 2.45) is 17.8 Å². The van der Waals surface area contributed by atoms with Crippen LogP contribution in [0.15, 0.2) is 30.3 Å². The number of carbonyl (C=O) groups is 1. The fourth-order valence-electron chi connectivity index (χ4n) is 3.29. The maximum atomic E-state index is 12.4. The van der Waals surface area contributed by atoms with Crippen LogP contribution in [-0.4, -0.2) is 11.8 Å². The summed E-state index contributed by atoms with van der Waals surface area (Å²) in [5.41, 5.74) is 0.605. The van der Waals surface area contributed by atoms with Gasteiger partial charge in [0.1, 0.15) is 0 Å². The Labute approximate surface area is 119 Å². The van der Waals surface area contributed by atoms with Crippen molar-refractivity contribution >= 4 is 17.5 Å². The van der Waals surface area contributed by atoms with Crippen LogP contribution in [0.5, 0.6) is 0 Å². The fraction of sp³-hybridized carbons (Fsp3) is 0.562. The van der Waals surface area contributed by atoms with Crippen molar-refractivity contribution < 1.29 is 4.79 Å². The second-order valence-corrected chi connectivity index (χ2v) is 6.51. The number of hydrogen-bond donors (Lipinski definition) is 1. The Balaban J connectivity index is 1.70. The Morgan fingerprint density at radius 2 is 1.89 bits per heavy atom. The second kappa shape index (κ2) is 4.82. The third-order valence-electron chi connectivity index (χ3n) is 4.69. The van der Waals surface area contributed by atoms with E-state index in [1.807, 2.05) is 37.3 Å². The number of hydrogen-bond acceptors (Lipinski definition) is 1. The van der Waals surface area contributed by atoms with Crippen molar-refractivity contribution in [1.82, 2.24) is 5.32 Å². The van der Waals surface area contributed by atoms with Crippen LogP contribution in [0.1, 0.15) is 31.7 Å². The lowest BCUT2D eigenvalue weighted by molar-refractivity contribution is -0.126. The Bertz CT molecular complexity index is 465. The average molecular weight is 278 g/mol. The van der Waals surface area contributed by atoms with Crippen LogP contribution in [0.3, 0.4) is 0 Å². The minimum absolute atomic E-state index is 0.180. The van der Waals surface area contributed by atoms with E-state index in [9.17, 15) is 4.79 Å². The van der Waals surface area contributed by atoms with E-state index < -0.39 is 5.54 Å². The summed E-state index contributed by atoms with van der Waals surface area (Å²) in [7, 11) is 0. The van der Waals surface area contributed by atoms with E-state index in [1.165, 1.54) is 6.42 Å². The van der Waals surface area contributed by atoms with Gasteiger partial charge in [-0.1, -0.05) is 30.3 Å². The van der Waals surface area contributed by atoms with Crippen LogP contribution >= 0.6 is 11.6 Å². The monoisotopic (exact) mass is 277 g/mol. The molecule has 2 aliphatic rings. The zero-order valence-corrected chi connectivity index (χ0v) is 12.0. The highest BCUT2D eigenvalue weighted by Gasteiger charge is 2.48. The largest absolute Gasteiger partial charge is 0.345 e. The minimum atomic E-state index is -0.466. The van der Waals surface area contributed by atoms with Gasteiger partial charge in [-0.2, -0.15) is 0 Å². The van der Waals surface area contributed by atoms with Crippen molar-refractivity contribution in [3.63, 3.8) is 0 Å². The van der Waals surface area contributed by atoms with Gasteiger partial charge in [-0.25, -0.2) is 0 Å². The first-order valence-electron chi connectivity index (χ1n) is 7.06. The van der Waals surface area contributed by atoms with Crippen molar-refractivity contribution in [1.29, 1.82) is 0 Å². The number of rotatable bonds is 4. The van der Waals surface area contributed by atoms with E-state index in [4.69, 9.17) is 11.6 Å². The molecule has 3 unspecified atom stereocenters. The maximum absolute atomic E-state index is 12.4. The summed E-state index contributed by atoms with van der Waals surface area (Å²) in [4.78, 5) is 12.4. The highest BCUT2D eigenvalue weighted by atomic mass is 35.5. The summed E-state index contributed by atoms with van der Waals surface area (Å²) in [6.07, 6.45) is 3.49. The molecule has 3 heteroatoms.